The van der Waals surface area contributed by atoms with Crippen molar-refractivity contribution in [2.45, 2.75) is 26.8 Å². The topological polar surface area (TPSA) is 56.7 Å². The first-order chi connectivity index (χ1) is 17.6. The van der Waals surface area contributed by atoms with E-state index in [1.807, 2.05) is 51.4 Å². The Balaban J connectivity index is 1.66. The number of aromatic nitrogens is 4. The SMILES string of the molecule is Cc1ccc(-c2cn(C(c3ccccc3)c3ccccn3)c3cc(-c4c(C)noc4C)ccc23)cn1. The summed E-state index contributed by atoms with van der Waals surface area (Å²) >= 11 is 0. The van der Waals surface area contributed by atoms with Gasteiger partial charge in [-0.2, -0.15) is 0 Å². The van der Waals surface area contributed by atoms with E-state index in [1.165, 1.54) is 5.56 Å². The predicted molar refractivity (Wildman–Crippen MR) is 143 cm³/mol. The molecule has 4 heterocycles. The lowest BCUT2D eigenvalue weighted by Crippen LogP contribution is -2.12. The third kappa shape index (κ3) is 3.79. The van der Waals surface area contributed by atoms with Crippen molar-refractivity contribution in [3.8, 4) is 22.3 Å². The van der Waals surface area contributed by atoms with Crippen LogP contribution >= 0.6 is 0 Å². The van der Waals surface area contributed by atoms with Gasteiger partial charge in [0, 0.05) is 46.4 Å². The van der Waals surface area contributed by atoms with Gasteiger partial charge in [0.15, 0.2) is 0 Å². The molecule has 0 aliphatic rings. The highest BCUT2D eigenvalue weighted by Gasteiger charge is 2.23. The van der Waals surface area contributed by atoms with Crippen molar-refractivity contribution in [2.75, 3.05) is 0 Å². The summed E-state index contributed by atoms with van der Waals surface area (Å²) in [7, 11) is 0. The molecule has 0 saturated heterocycles. The molecule has 0 amide bonds. The molecule has 0 radical (unpaired) electrons. The summed E-state index contributed by atoms with van der Waals surface area (Å²) in [5.41, 5.74) is 9.50. The van der Waals surface area contributed by atoms with Gasteiger partial charge in [-0.3, -0.25) is 9.97 Å². The van der Waals surface area contributed by atoms with Crippen molar-refractivity contribution < 1.29 is 4.52 Å². The highest BCUT2D eigenvalue weighted by Crippen LogP contribution is 2.39. The van der Waals surface area contributed by atoms with E-state index >= 15 is 0 Å². The number of fused-ring (bicyclic) bond motifs is 1. The lowest BCUT2D eigenvalue weighted by molar-refractivity contribution is 0.393. The van der Waals surface area contributed by atoms with E-state index in [2.05, 4.69) is 81.6 Å². The molecule has 6 aromatic rings. The number of aryl methyl sites for hydroxylation is 3. The highest BCUT2D eigenvalue weighted by molar-refractivity contribution is 5.98. The third-order valence-electron chi connectivity index (χ3n) is 6.74. The molecule has 5 heteroatoms. The average Bonchev–Trinajstić information content (AvgIpc) is 3.45. The lowest BCUT2D eigenvalue weighted by atomic mass is 10.00. The van der Waals surface area contributed by atoms with E-state index in [0.717, 1.165) is 56.0 Å². The van der Waals surface area contributed by atoms with Crippen LogP contribution in [0.3, 0.4) is 0 Å². The van der Waals surface area contributed by atoms with E-state index in [-0.39, 0.29) is 6.04 Å². The van der Waals surface area contributed by atoms with Crippen molar-refractivity contribution in [1.82, 2.24) is 19.7 Å². The van der Waals surface area contributed by atoms with E-state index in [1.54, 1.807) is 0 Å². The van der Waals surface area contributed by atoms with Gasteiger partial charge in [0.2, 0.25) is 0 Å². The number of nitrogens with zero attached hydrogens (tertiary/aromatic N) is 4. The summed E-state index contributed by atoms with van der Waals surface area (Å²) in [5, 5.41) is 5.35. The first kappa shape index (κ1) is 22.0. The van der Waals surface area contributed by atoms with Crippen molar-refractivity contribution in [2.24, 2.45) is 0 Å². The summed E-state index contributed by atoms with van der Waals surface area (Å²) in [6.07, 6.45) is 6.05. The molecule has 0 bridgehead atoms. The van der Waals surface area contributed by atoms with Crippen molar-refractivity contribution in [3.05, 3.63) is 126 Å². The van der Waals surface area contributed by atoms with Crippen LogP contribution in [0.2, 0.25) is 0 Å². The Morgan fingerprint density at radius 1 is 0.806 bits per heavy atom. The minimum atomic E-state index is -0.0954. The van der Waals surface area contributed by atoms with Crippen LogP contribution in [0.5, 0.6) is 0 Å². The molecule has 6 rings (SSSR count). The molecule has 0 N–H and O–H groups in total. The molecule has 0 aliphatic carbocycles. The van der Waals surface area contributed by atoms with Crippen LogP contribution in [0, 0.1) is 20.8 Å². The Morgan fingerprint density at radius 3 is 2.31 bits per heavy atom. The van der Waals surface area contributed by atoms with E-state index in [4.69, 9.17) is 9.51 Å². The van der Waals surface area contributed by atoms with Crippen LogP contribution in [0.25, 0.3) is 33.2 Å². The standard InChI is InChI=1S/C31H26N4O/c1-20-12-13-25(18-33-20)27-19-35(31(23-9-5-4-6-10-23)28-11-7-8-16-32-28)29-17-24(14-15-26(27)29)30-21(2)34-36-22(30)3/h4-19,31H,1-3H3. The average molecular weight is 471 g/mol. The second-order valence-electron chi connectivity index (χ2n) is 9.14. The number of rotatable bonds is 5. The smallest absolute Gasteiger partial charge is 0.141 e. The molecule has 1 unspecified atom stereocenters. The van der Waals surface area contributed by atoms with Gasteiger partial charge in [-0.15, -0.1) is 0 Å². The molecule has 0 saturated carbocycles. The summed E-state index contributed by atoms with van der Waals surface area (Å²) in [6.45, 7) is 5.96. The van der Waals surface area contributed by atoms with Gasteiger partial charge in [0.1, 0.15) is 11.8 Å². The second kappa shape index (κ2) is 8.93. The van der Waals surface area contributed by atoms with Crippen molar-refractivity contribution in [3.63, 3.8) is 0 Å². The quantitative estimate of drug-likeness (QED) is 0.265. The van der Waals surface area contributed by atoms with Crippen LogP contribution in [0.15, 0.2) is 102 Å². The molecule has 0 fully saturated rings. The third-order valence-corrected chi connectivity index (χ3v) is 6.74. The molecule has 0 spiro atoms. The van der Waals surface area contributed by atoms with Gasteiger partial charge < -0.3 is 9.09 Å². The fourth-order valence-corrected chi connectivity index (χ4v) is 5.02. The Hall–Kier alpha value is -4.51. The zero-order valence-corrected chi connectivity index (χ0v) is 20.5. The van der Waals surface area contributed by atoms with Crippen LogP contribution in [0.4, 0.5) is 0 Å². The number of hydrogen-bond acceptors (Lipinski definition) is 4. The first-order valence-electron chi connectivity index (χ1n) is 12.1. The fraction of sp³-hybridized carbons (Fsp3) is 0.129. The fourth-order valence-electron chi connectivity index (χ4n) is 5.02. The molecule has 176 valence electrons. The van der Waals surface area contributed by atoms with E-state index < -0.39 is 0 Å². The summed E-state index contributed by atoms with van der Waals surface area (Å²) in [5.74, 6) is 0.817. The Labute approximate surface area is 210 Å². The van der Waals surface area contributed by atoms with E-state index in [0.29, 0.717) is 0 Å². The Morgan fingerprint density at radius 2 is 1.61 bits per heavy atom. The molecule has 4 aromatic heterocycles. The largest absolute Gasteiger partial charge is 0.361 e. The van der Waals surface area contributed by atoms with E-state index in [9.17, 15) is 0 Å². The normalized spacial score (nSPS) is 12.2. The van der Waals surface area contributed by atoms with Crippen LogP contribution in [0.1, 0.15) is 34.4 Å². The van der Waals surface area contributed by atoms with Gasteiger partial charge in [-0.1, -0.05) is 59.8 Å². The van der Waals surface area contributed by atoms with Gasteiger partial charge in [0.05, 0.1) is 16.9 Å². The molecule has 0 aliphatic heterocycles. The van der Waals surface area contributed by atoms with Crippen molar-refractivity contribution in [1.29, 1.82) is 0 Å². The van der Waals surface area contributed by atoms with Crippen LogP contribution in [-0.4, -0.2) is 19.7 Å². The van der Waals surface area contributed by atoms with Crippen LogP contribution in [-0.2, 0) is 0 Å². The number of pyridine rings is 2. The van der Waals surface area contributed by atoms with Gasteiger partial charge >= 0.3 is 0 Å². The summed E-state index contributed by atoms with van der Waals surface area (Å²) in [4.78, 5) is 9.35. The number of hydrogen-bond donors (Lipinski definition) is 0. The zero-order valence-electron chi connectivity index (χ0n) is 20.5. The zero-order chi connectivity index (χ0) is 24.6. The maximum absolute atomic E-state index is 5.49. The lowest BCUT2D eigenvalue weighted by Gasteiger charge is -2.21. The molecular weight excluding hydrogens is 444 g/mol. The van der Waals surface area contributed by atoms with Crippen LogP contribution < -0.4 is 0 Å². The Kier molecular flexibility index (Phi) is 5.45. The van der Waals surface area contributed by atoms with Crippen molar-refractivity contribution >= 4 is 10.9 Å². The maximum Gasteiger partial charge on any atom is 0.141 e. The van der Waals surface area contributed by atoms with Gasteiger partial charge in [-0.05, 0) is 56.2 Å². The monoisotopic (exact) mass is 470 g/mol. The molecule has 1 atom stereocenters. The molecular formula is C31H26N4O. The Bertz CT molecular complexity index is 1590. The minimum Gasteiger partial charge on any atom is -0.361 e. The highest BCUT2D eigenvalue weighted by atomic mass is 16.5. The molecule has 5 nitrogen and oxygen atoms in total. The minimum absolute atomic E-state index is 0.0954. The van der Waals surface area contributed by atoms with Gasteiger partial charge in [-0.25, -0.2) is 0 Å². The number of benzene rings is 2. The second-order valence-corrected chi connectivity index (χ2v) is 9.14. The molecule has 2 aromatic carbocycles. The predicted octanol–water partition coefficient (Wildman–Crippen LogP) is 7.32. The molecule has 36 heavy (non-hydrogen) atoms. The maximum atomic E-state index is 5.49. The summed E-state index contributed by atoms with van der Waals surface area (Å²) in [6, 6.07) is 27.3. The van der Waals surface area contributed by atoms with Gasteiger partial charge in [0.25, 0.3) is 0 Å². The first-order valence-corrected chi connectivity index (χ1v) is 12.1. The summed E-state index contributed by atoms with van der Waals surface area (Å²) < 4.78 is 7.83.